The van der Waals surface area contributed by atoms with E-state index in [2.05, 4.69) is 10.3 Å². The molecule has 1 aromatic heterocycles. The number of nitrogens with one attached hydrogen (secondary N) is 1. The Morgan fingerprint density at radius 1 is 1.71 bits per heavy atom. The summed E-state index contributed by atoms with van der Waals surface area (Å²) in [6, 6.07) is 0. The largest absolute Gasteiger partial charge is 0.466 e. The minimum atomic E-state index is -0.189. The number of aromatic nitrogens is 1. The van der Waals surface area contributed by atoms with Gasteiger partial charge in [0.05, 0.1) is 23.7 Å². The van der Waals surface area contributed by atoms with E-state index < -0.39 is 0 Å². The zero-order chi connectivity index (χ0) is 12.1. The number of esters is 1. The van der Waals surface area contributed by atoms with E-state index in [0.717, 1.165) is 23.8 Å². The third-order valence-electron chi connectivity index (χ3n) is 2.85. The zero-order valence-corrected chi connectivity index (χ0v) is 10.9. The van der Waals surface area contributed by atoms with E-state index in [1.807, 2.05) is 12.3 Å². The van der Waals surface area contributed by atoms with Gasteiger partial charge in [0.15, 0.2) is 0 Å². The molecule has 2 rings (SSSR count). The van der Waals surface area contributed by atoms with Gasteiger partial charge in [0.25, 0.3) is 0 Å². The maximum atomic E-state index is 11.3. The molecular formula is C12H18N2O2S. The zero-order valence-electron chi connectivity index (χ0n) is 10.1. The second-order valence-electron chi connectivity index (χ2n) is 4.20. The first kappa shape index (κ1) is 12.5. The van der Waals surface area contributed by atoms with Crippen molar-refractivity contribution in [3.05, 3.63) is 16.1 Å². The van der Waals surface area contributed by atoms with E-state index in [4.69, 9.17) is 4.74 Å². The summed E-state index contributed by atoms with van der Waals surface area (Å²) in [5.41, 5.74) is 0.842. The summed E-state index contributed by atoms with van der Waals surface area (Å²) in [6.45, 7) is 4.37. The van der Waals surface area contributed by atoms with Crippen molar-refractivity contribution < 1.29 is 9.53 Å². The van der Waals surface area contributed by atoms with Crippen LogP contribution in [-0.4, -0.2) is 30.6 Å². The van der Waals surface area contributed by atoms with E-state index in [9.17, 15) is 4.79 Å². The molecule has 1 aliphatic heterocycles. The molecule has 17 heavy (non-hydrogen) atoms. The Morgan fingerprint density at radius 2 is 2.59 bits per heavy atom. The molecule has 0 aromatic carbocycles. The molecule has 94 valence electrons. The topological polar surface area (TPSA) is 51.2 Å². The quantitative estimate of drug-likeness (QED) is 0.831. The highest BCUT2D eigenvalue weighted by atomic mass is 32.1. The van der Waals surface area contributed by atoms with Gasteiger partial charge < -0.3 is 10.1 Å². The molecular weight excluding hydrogens is 236 g/mol. The molecule has 0 radical (unpaired) electrons. The van der Waals surface area contributed by atoms with Crippen LogP contribution < -0.4 is 5.32 Å². The second-order valence-corrected chi connectivity index (χ2v) is 5.09. The number of piperidine rings is 1. The van der Waals surface area contributed by atoms with Gasteiger partial charge in [-0.1, -0.05) is 0 Å². The molecule has 0 saturated carbocycles. The lowest BCUT2D eigenvalue weighted by atomic mass is 10.0. The summed E-state index contributed by atoms with van der Waals surface area (Å²) in [4.78, 5) is 15.9. The van der Waals surface area contributed by atoms with Crippen LogP contribution >= 0.6 is 11.3 Å². The lowest BCUT2D eigenvalue weighted by molar-refractivity contribution is -0.142. The van der Waals surface area contributed by atoms with E-state index in [1.165, 1.54) is 12.8 Å². The third kappa shape index (κ3) is 3.51. The fourth-order valence-corrected chi connectivity index (χ4v) is 2.97. The normalized spacial score (nSPS) is 20.2. The minimum Gasteiger partial charge on any atom is -0.466 e. The SMILES string of the molecule is CCOC(=O)Cc1csc(C2CCCNC2)n1. The van der Waals surface area contributed by atoms with Crippen molar-refractivity contribution >= 4 is 17.3 Å². The molecule has 1 aliphatic rings. The fraction of sp³-hybridized carbons (Fsp3) is 0.667. The molecule has 4 nitrogen and oxygen atoms in total. The number of rotatable bonds is 4. The Morgan fingerprint density at radius 3 is 3.29 bits per heavy atom. The van der Waals surface area contributed by atoms with Crippen molar-refractivity contribution in [3.63, 3.8) is 0 Å². The average molecular weight is 254 g/mol. The molecule has 0 spiro atoms. The van der Waals surface area contributed by atoms with E-state index in [1.54, 1.807) is 11.3 Å². The Labute approximate surface area is 105 Å². The molecule has 0 amide bonds. The number of thiazole rings is 1. The van der Waals surface area contributed by atoms with Gasteiger partial charge in [-0.25, -0.2) is 4.98 Å². The Balaban J connectivity index is 1.93. The van der Waals surface area contributed by atoms with Gasteiger partial charge in [-0.3, -0.25) is 4.79 Å². The first-order valence-electron chi connectivity index (χ1n) is 6.10. The lowest BCUT2D eigenvalue weighted by Crippen LogP contribution is -2.28. The van der Waals surface area contributed by atoms with Gasteiger partial charge in [-0.2, -0.15) is 0 Å². The minimum absolute atomic E-state index is 0.189. The number of carbonyl (C=O) groups is 1. The maximum Gasteiger partial charge on any atom is 0.311 e. The second kappa shape index (κ2) is 6.12. The molecule has 1 N–H and O–H groups in total. The Hall–Kier alpha value is -0.940. The van der Waals surface area contributed by atoms with Crippen LogP contribution in [0.5, 0.6) is 0 Å². The molecule has 5 heteroatoms. The van der Waals surface area contributed by atoms with Crippen LogP contribution in [0.3, 0.4) is 0 Å². The highest BCUT2D eigenvalue weighted by Crippen LogP contribution is 2.26. The van der Waals surface area contributed by atoms with Crippen LogP contribution in [0.1, 0.15) is 36.4 Å². The predicted molar refractivity (Wildman–Crippen MR) is 67.3 cm³/mol. The van der Waals surface area contributed by atoms with Crippen molar-refractivity contribution in [1.82, 2.24) is 10.3 Å². The van der Waals surface area contributed by atoms with Crippen LogP contribution in [-0.2, 0) is 16.0 Å². The first-order chi connectivity index (χ1) is 8.29. The van der Waals surface area contributed by atoms with Gasteiger partial charge in [-0.15, -0.1) is 11.3 Å². The molecule has 1 saturated heterocycles. The van der Waals surface area contributed by atoms with Crippen molar-refractivity contribution in [3.8, 4) is 0 Å². The molecule has 2 heterocycles. The van der Waals surface area contributed by atoms with Gasteiger partial charge >= 0.3 is 5.97 Å². The predicted octanol–water partition coefficient (Wildman–Crippen LogP) is 1.72. The fourth-order valence-electron chi connectivity index (χ4n) is 2.01. The van der Waals surface area contributed by atoms with Crippen molar-refractivity contribution in [2.45, 2.75) is 32.1 Å². The first-order valence-corrected chi connectivity index (χ1v) is 6.98. The summed E-state index contributed by atoms with van der Waals surface area (Å²) in [5, 5.41) is 6.50. The van der Waals surface area contributed by atoms with Gasteiger partial charge in [0.2, 0.25) is 0 Å². The molecule has 1 unspecified atom stereocenters. The molecule has 0 aliphatic carbocycles. The molecule has 1 aromatic rings. The van der Waals surface area contributed by atoms with Crippen LogP contribution in [0.4, 0.5) is 0 Å². The van der Waals surface area contributed by atoms with E-state index >= 15 is 0 Å². The van der Waals surface area contributed by atoms with Crippen molar-refractivity contribution in [2.75, 3.05) is 19.7 Å². The summed E-state index contributed by atoms with van der Waals surface area (Å²) in [5.74, 6) is 0.329. The summed E-state index contributed by atoms with van der Waals surface area (Å²) < 4.78 is 4.91. The monoisotopic (exact) mass is 254 g/mol. The standard InChI is InChI=1S/C12H18N2O2S/c1-2-16-11(15)6-10-8-17-12(14-10)9-4-3-5-13-7-9/h8-9,13H,2-7H2,1H3. The Bertz CT molecular complexity index is 372. The maximum absolute atomic E-state index is 11.3. The van der Waals surface area contributed by atoms with Crippen LogP contribution in [0.25, 0.3) is 0 Å². The highest BCUT2D eigenvalue weighted by Gasteiger charge is 2.19. The van der Waals surface area contributed by atoms with Crippen LogP contribution in [0.15, 0.2) is 5.38 Å². The van der Waals surface area contributed by atoms with Gasteiger partial charge in [0.1, 0.15) is 0 Å². The van der Waals surface area contributed by atoms with Gasteiger partial charge in [0, 0.05) is 17.8 Å². The van der Waals surface area contributed by atoms with Gasteiger partial charge in [-0.05, 0) is 26.3 Å². The van der Waals surface area contributed by atoms with Crippen LogP contribution in [0, 0.1) is 0 Å². The third-order valence-corrected chi connectivity index (χ3v) is 3.90. The number of ether oxygens (including phenoxy) is 1. The number of hydrogen-bond acceptors (Lipinski definition) is 5. The summed E-state index contributed by atoms with van der Waals surface area (Å²) >= 11 is 1.66. The number of carbonyl (C=O) groups excluding carboxylic acids is 1. The summed E-state index contributed by atoms with van der Waals surface area (Å²) in [7, 11) is 0. The smallest absolute Gasteiger partial charge is 0.311 e. The van der Waals surface area contributed by atoms with Crippen molar-refractivity contribution in [1.29, 1.82) is 0 Å². The van der Waals surface area contributed by atoms with Crippen molar-refractivity contribution in [2.24, 2.45) is 0 Å². The number of nitrogens with zero attached hydrogens (tertiary/aromatic N) is 1. The number of hydrogen-bond donors (Lipinski definition) is 1. The van der Waals surface area contributed by atoms with E-state index in [-0.39, 0.29) is 5.97 Å². The highest BCUT2D eigenvalue weighted by molar-refractivity contribution is 7.09. The lowest BCUT2D eigenvalue weighted by Gasteiger charge is -2.20. The Kier molecular flexibility index (Phi) is 4.50. The van der Waals surface area contributed by atoms with Crippen LogP contribution in [0.2, 0.25) is 0 Å². The molecule has 0 bridgehead atoms. The molecule has 1 atom stereocenters. The summed E-state index contributed by atoms with van der Waals surface area (Å²) in [6.07, 6.45) is 2.70. The average Bonchev–Trinajstić information content (AvgIpc) is 2.79. The van der Waals surface area contributed by atoms with E-state index in [0.29, 0.717) is 18.9 Å². The molecule has 1 fully saturated rings.